The normalized spacial score (nSPS) is 34.9. The van der Waals surface area contributed by atoms with Crippen molar-refractivity contribution in [3.05, 3.63) is 0 Å². The van der Waals surface area contributed by atoms with Gasteiger partial charge in [0.15, 0.2) is 0 Å². The maximum absolute atomic E-state index is 10.3. The standard InChI is InChI=1S/C16H32N2O/c1-16(19,12-18(2)3)11-17-15-9-8-13-6-4-5-7-14(13)10-15/h13-15,17,19H,4-12H2,1-3H3. The van der Waals surface area contributed by atoms with E-state index < -0.39 is 5.60 Å². The molecule has 0 amide bonds. The smallest absolute Gasteiger partial charge is 0.0869 e. The lowest BCUT2D eigenvalue weighted by atomic mass is 9.69. The topological polar surface area (TPSA) is 35.5 Å². The first-order valence-corrected chi connectivity index (χ1v) is 8.07. The highest BCUT2D eigenvalue weighted by molar-refractivity contribution is 4.88. The number of likely N-dealkylation sites (N-methyl/N-ethyl adjacent to an activating group) is 1. The zero-order valence-corrected chi connectivity index (χ0v) is 13.0. The van der Waals surface area contributed by atoms with E-state index in [4.69, 9.17) is 0 Å². The van der Waals surface area contributed by atoms with Crippen LogP contribution in [0.3, 0.4) is 0 Å². The number of hydrogen-bond donors (Lipinski definition) is 2. The van der Waals surface area contributed by atoms with Crippen LogP contribution in [0.5, 0.6) is 0 Å². The van der Waals surface area contributed by atoms with Gasteiger partial charge in [-0.1, -0.05) is 25.7 Å². The molecule has 2 fully saturated rings. The van der Waals surface area contributed by atoms with E-state index in [2.05, 4.69) is 10.2 Å². The van der Waals surface area contributed by atoms with Gasteiger partial charge >= 0.3 is 0 Å². The first-order valence-electron chi connectivity index (χ1n) is 8.07. The lowest BCUT2D eigenvalue weighted by Gasteiger charge is -2.40. The fraction of sp³-hybridized carbons (Fsp3) is 1.00. The molecule has 112 valence electrons. The van der Waals surface area contributed by atoms with E-state index in [1.165, 1.54) is 44.9 Å². The summed E-state index contributed by atoms with van der Waals surface area (Å²) in [6.07, 6.45) is 9.84. The summed E-state index contributed by atoms with van der Waals surface area (Å²) in [5.74, 6) is 1.97. The zero-order chi connectivity index (χ0) is 13.9. The third-order valence-electron chi connectivity index (χ3n) is 4.97. The highest BCUT2D eigenvalue weighted by atomic mass is 16.3. The Labute approximate surface area is 118 Å². The van der Waals surface area contributed by atoms with Crippen LogP contribution >= 0.6 is 0 Å². The van der Waals surface area contributed by atoms with Crippen molar-refractivity contribution in [2.45, 2.75) is 63.5 Å². The maximum Gasteiger partial charge on any atom is 0.0869 e. The summed E-state index contributed by atoms with van der Waals surface area (Å²) in [7, 11) is 4.03. The summed E-state index contributed by atoms with van der Waals surface area (Å²) in [5, 5.41) is 14.0. The third kappa shape index (κ3) is 4.73. The zero-order valence-electron chi connectivity index (χ0n) is 13.0. The average Bonchev–Trinajstić information content (AvgIpc) is 2.35. The van der Waals surface area contributed by atoms with E-state index in [0.29, 0.717) is 12.6 Å². The minimum atomic E-state index is -0.618. The molecule has 4 unspecified atom stereocenters. The highest BCUT2D eigenvalue weighted by Gasteiger charge is 2.32. The number of nitrogens with zero attached hydrogens (tertiary/aromatic N) is 1. The Morgan fingerprint density at radius 3 is 2.47 bits per heavy atom. The SMILES string of the molecule is CN(C)CC(C)(O)CNC1CCC2CCCCC2C1. The molecule has 2 saturated carbocycles. The predicted molar refractivity (Wildman–Crippen MR) is 80.3 cm³/mol. The summed E-state index contributed by atoms with van der Waals surface area (Å²) < 4.78 is 0. The van der Waals surface area contributed by atoms with E-state index >= 15 is 0 Å². The van der Waals surface area contributed by atoms with E-state index in [-0.39, 0.29) is 0 Å². The molecule has 0 heterocycles. The van der Waals surface area contributed by atoms with Gasteiger partial charge in [0, 0.05) is 19.1 Å². The molecule has 0 spiro atoms. The van der Waals surface area contributed by atoms with Crippen LogP contribution in [-0.2, 0) is 0 Å². The summed E-state index contributed by atoms with van der Waals surface area (Å²) in [4.78, 5) is 2.06. The molecule has 2 aliphatic carbocycles. The van der Waals surface area contributed by atoms with Gasteiger partial charge < -0.3 is 15.3 Å². The van der Waals surface area contributed by atoms with Crippen molar-refractivity contribution >= 4 is 0 Å². The van der Waals surface area contributed by atoms with Crippen LogP contribution in [-0.4, -0.2) is 48.8 Å². The van der Waals surface area contributed by atoms with Crippen LogP contribution in [0.4, 0.5) is 0 Å². The molecule has 4 atom stereocenters. The molecular formula is C16H32N2O. The molecule has 3 heteroatoms. The summed E-state index contributed by atoms with van der Waals surface area (Å²) in [6.45, 7) is 3.37. The molecule has 2 N–H and O–H groups in total. The number of nitrogens with one attached hydrogen (secondary N) is 1. The van der Waals surface area contributed by atoms with Crippen LogP contribution < -0.4 is 5.32 Å². The number of rotatable bonds is 5. The van der Waals surface area contributed by atoms with Gasteiger partial charge in [0.1, 0.15) is 0 Å². The van der Waals surface area contributed by atoms with Crippen LogP contribution in [0.1, 0.15) is 51.9 Å². The molecule has 0 aromatic heterocycles. The largest absolute Gasteiger partial charge is 0.388 e. The Morgan fingerprint density at radius 2 is 1.79 bits per heavy atom. The van der Waals surface area contributed by atoms with Gasteiger partial charge in [0.05, 0.1) is 5.60 Å². The molecule has 2 aliphatic rings. The quantitative estimate of drug-likeness (QED) is 0.803. The van der Waals surface area contributed by atoms with Gasteiger partial charge in [0.2, 0.25) is 0 Å². The molecular weight excluding hydrogens is 236 g/mol. The van der Waals surface area contributed by atoms with Crippen molar-refractivity contribution in [2.24, 2.45) is 11.8 Å². The van der Waals surface area contributed by atoms with Gasteiger partial charge in [-0.05, 0) is 52.1 Å². The molecule has 19 heavy (non-hydrogen) atoms. The van der Waals surface area contributed by atoms with Crippen molar-refractivity contribution in [2.75, 3.05) is 27.2 Å². The van der Waals surface area contributed by atoms with Crippen molar-refractivity contribution < 1.29 is 5.11 Å². The van der Waals surface area contributed by atoms with E-state index in [9.17, 15) is 5.11 Å². The van der Waals surface area contributed by atoms with Crippen LogP contribution in [0, 0.1) is 11.8 Å². The van der Waals surface area contributed by atoms with Gasteiger partial charge in [-0.25, -0.2) is 0 Å². The van der Waals surface area contributed by atoms with Gasteiger partial charge in [-0.3, -0.25) is 0 Å². The number of fused-ring (bicyclic) bond motifs is 1. The molecule has 0 aromatic carbocycles. The van der Waals surface area contributed by atoms with Gasteiger partial charge in [-0.2, -0.15) is 0 Å². The maximum atomic E-state index is 10.3. The van der Waals surface area contributed by atoms with Gasteiger partial charge in [0.25, 0.3) is 0 Å². The lowest BCUT2D eigenvalue weighted by molar-refractivity contribution is 0.0268. The Bertz CT molecular complexity index is 278. The third-order valence-corrected chi connectivity index (χ3v) is 4.97. The molecule has 0 aromatic rings. The Kier molecular flexibility index (Phi) is 5.27. The fourth-order valence-corrected chi connectivity index (χ4v) is 4.16. The molecule has 3 nitrogen and oxygen atoms in total. The van der Waals surface area contributed by atoms with Crippen LogP contribution in [0.15, 0.2) is 0 Å². The van der Waals surface area contributed by atoms with E-state index in [1.54, 1.807) is 0 Å². The highest BCUT2D eigenvalue weighted by Crippen LogP contribution is 2.40. The van der Waals surface area contributed by atoms with Crippen molar-refractivity contribution in [1.82, 2.24) is 10.2 Å². The van der Waals surface area contributed by atoms with Crippen LogP contribution in [0.25, 0.3) is 0 Å². The number of hydrogen-bond acceptors (Lipinski definition) is 3. The van der Waals surface area contributed by atoms with E-state index in [0.717, 1.165) is 18.4 Å². The van der Waals surface area contributed by atoms with Gasteiger partial charge in [-0.15, -0.1) is 0 Å². The Hall–Kier alpha value is -0.120. The second kappa shape index (κ2) is 6.55. The van der Waals surface area contributed by atoms with Crippen molar-refractivity contribution in [3.63, 3.8) is 0 Å². The van der Waals surface area contributed by atoms with Crippen LogP contribution in [0.2, 0.25) is 0 Å². The lowest BCUT2D eigenvalue weighted by Crippen LogP contribution is -2.49. The predicted octanol–water partition coefficient (Wildman–Crippen LogP) is 2.25. The number of aliphatic hydroxyl groups is 1. The summed E-state index contributed by atoms with van der Waals surface area (Å²) in [6, 6.07) is 0.632. The van der Waals surface area contributed by atoms with Crippen molar-refractivity contribution in [1.29, 1.82) is 0 Å². The monoisotopic (exact) mass is 268 g/mol. The minimum absolute atomic E-state index is 0.618. The second-order valence-corrected chi connectivity index (χ2v) is 7.43. The first-order chi connectivity index (χ1) is 8.96. The molecule has 0 aliphatic heterocycles. The summed E-state index contributed by atoms with van der Waals surface area (Å²) in [5.41, 5.74) is -0.618. The summed E-state index contributed by atoms with van der Waals surface area (Å²) >= 11 is 0. The Balaban J connectivity index is 1.74. The average molecular weight is 268 g/mol. The molecule has 0 saturated heterocycles. The van der Waals surface area contributed by atoms with E-state index in [1.807, 2.05) is 21.0 Å². The van der Waals surface area contributed by atoms with Crippen molar-refractivity contribution in [3.8, 4) is 0 Å². The second-order valence-electron chi connectivity index (χ2n) is 7.43. The molecule has 0 bridgehead atoms. The minimum Gasteiger partial charge on any atom is -0.388 e. The first kappa shape index (κ1) is 15.3. The Morgan fingerprint density at radius 1 is 1.11 bits per heavy atom. The fourth-order valence-electron chi connectivity index (χ4n) is 4.16. The molecule has 2 rings (SSSR count). The molecule has 0 radical (unpaired) electrons.